The lowest BCUT2D eigenvalue weighted by molar-refractivity contribution is 0.376. The smallest absolute Gasteiger partial charge is 0.278 e. The molecule has 1 unspecified atom stereocenters. The van der Waals surface area contributed by atoms with Gasteiger partial charge in [-0.05, 0) is 37.1 Å². The molecule has 1 saturated heterocycles. The Kier molecular flexibility index (Phi) is 7.23. The van der Waals surface area contributed by atoms with Gasteiger partial charge in [0.2, 0.25) is 5.95 Å². The third kappa shape index (κ3) is 5.16. The molecule has 3 aromatic heterocycles. The van der Waals surface area contributed by atoms with Crippen molar-refractivity contribution in [2.45, 2.75) is 31.8 Å². The van der Waals surface area contributed by atoms with Crippen LogP contribution in [0.1, 0.15) is 35.9 Å². The minimum absolute atomic E-state index is 0. The first-order chi connectivity index (χ1) is 15.6. The third-order valence-corrected chi connectivity index (χ3v) is 6.21. The Morgan fingerprint density at radius 1 is 1.24 bits per heavy atom. The maximum absolute atomic E-state index is 12.7. The number of nitrogens with one attached hydrogen (secondary N) is 3. The zero-order valence-corrected chi connectivity index (χ0v) is 19.8. The van der Waals surface area contributed by atoms with Crippen LogP contribution in [-0.2, 0) is 13.1 Å². The molecule has 3 N–H and O–H groups in total. The second-order valence-corrected chi connectivity index (χ2v) is 8.59. The van der Waals surface area contributed by atoms with Crippen LogP contribution in [0.25, 0.3) is 11.0 Å². The van der Waals surface area contributed by atoms with Crippen molar-refractivity contribution in [3.05, 3.63) is 68.2 Å². The Labute approximate surface area is 205 Å². The number of hydrogen-bond acceptors (Lipinski definition) is 7. The van der Waals surface area contributed by atoms with E-state index in [1.165, 1.54) is 0 Å². The van der Waals surface area contributed by atoms with Crippen molar-refractivity contribution in [3.63, 3.8) is 0 Å². The van der Waals surface area contributed by atoms with Gasteiger partial charge in [-0.15, -0.1) is 12.4 Å². The summed E-state index contributed by atoms with van der Waals surface area (Å²) in [6, 6.07) is 5.34. The zero-order chi connectivity index (χ0) is 22.1. The first-order valence-electron chi connectivity index (χ1n) is 10.4. The van der Waals surface area contributed by atoms with Crippen LogP contribution in [0.2, 0.25) is 10.0 Å². The minimum atomic E-state index is -0.288. The second-order valence-electron chi connectivity index (χ2n) is 7.77. The maximum Gasteiger partial charge on any atom is 0.278 e. The van der Waals surface area contributed by atoms with Gasteiger partial charge < -0.3 is 15.1 Å². The summed E-state index contributed by atoms with van der Waals surface area (Å²) in [7, 11) is 0. The molecule has 9 nitrogen and oxygen atoms in total. The summed E-state index contributed by atoms with van der Waals surface area (Å²) in [6.07, 6.45) is 5.36. The number of oxazole rings is 1. The molecule has 0 aliphatic carbocycles. The summed E-state index contributed by atoms with van der Waals surface area (Å²) in [5, 5.41) is 11.8. The highest BCUT2D eigenvalue weighted by molar-refractivity contribution is 6.42. The van der Waals surface area contributed by atoms with Gasteiger partial charge >= 0.3 is 0 Å². The highest BCUT2D eigenvalue weighted by atomic mass is 35.5. The van der Waals surface area contributed by atoms with Crippen LogP contribution in [0.5, 0.6) is 0 Å². The predicted molar refractivity (Wildman–Crippen MR) is 130 cm³/mol. The number of hydrogen-bond donors (Lipinski definition) is 3. The van der Waals surface area contributed by atoms with Crippen molar-refractivity contribution in [1.82, 2.24) is 30.0 Å². The summed E-state index contributed by atoms with van der Waals surface area (Å²) < 4.78 is 7.27. The number of benzene rings is 1. The van der Waals surface area contributed by atoms with Crippen LogP contribution in [0, 0.1) is 0 Å². The number of H-pyrrole nitrogens is 1. The van der Waals surface area contributed by atoms with E-state index in [9.17, 15) is 4.79 Å². The van der Waals surface area contributed by atoms with Crippen molar-refractivity contribution >= 4 is 52.6 Å². The number of nitrogens with zero attached hydrogens (tertiary/aromatic N) is 4. The molecule has 1 aromatic carbocycles. The fraction of sp³-hybridized carbons (Fsp3) is 0.333. The number of anilines is 1. The fourth-order valence-corrected chi connectivity index (χ4v) is 4.16. The highest BCUT2D eigenvalue weighted by Crippen LogP contribution is 2.24. The number of rotatable bonds is 6. The minimum Gasteiger partial charge on any atom is -0.448 e. The van der Waals surface area contributed by atoms with Gasteiger partial charge in [-0.2, -0.15) is 5.10 Å². The Hall–Kier alpha value is -2.59. The van der Waals surface area contributed by atoms with Gasteiger partial charge in [-0.1, -0.05) is 29.3 Å². The van der Waals surface area contributed by atoms with Crippen LogP contribution in [0.15, 0.2) is 39.9 Å². The van der Waals surface area contributed by atoms with E-state index in [-0.39, 0.29) is 23.9 Å². The van der Waals surface area contributed by atoms with E-state index in [4.69, 9.17) is 27.6 Å². The number of halogens is 3. The summed E-state index contributed by atoms with van der Waals surface area (Å²) >= 11 is 12.0. The number of fused-ring (bicyclic) bond motifs is 1. The van der Waals surface area contributed by atoms with Crippen LogP contribution in [0.4, 0.5) is 5.95 Å². The first-order valence-corrected chi connectivity index (χ1v) is 11.1. The van der Waals surface area contributed by atoms with Crippen molar-refractivity contribution in [2.75, 3.05) is 18.4 Å². The van der Waals surface area contributed by atoms with Crippen molar-refractivity contribution in [3.8, 4) is 0 Å². The molecule has 0 spiro atoms. The van der Waals surface area contributed by atoms with Gasteiger partial charge in [-0.3, -0.25) is 14.5 Å². The van der Waals surface area contributed by atoms with E-state index in [1.54, 1.807) is 29.3 Å². The third-order valence-electron chi connectivity index (χ3n) is 5.47. The zero-order valence-electron chi connectivity index (χ0n) is 17.5. The fourth-order valence-electron chi connectivity index (χ4n) is 3.84. The Morgan fingerprint density at radius 2 is 2.12 bits per heavy atom. The van der Waals surface area contributed by atoms with Gasteiger partial charge in [0, 0.05) is 19.0 Å². The average Bonchev–Trinajstić information content (AvgIpc) is 3.43. The molecule has 12 heteroatoms. The molecule has 1 aliphatic rings. The molecule has 4 heterocycles. The lowest BCUT2D eigenvalue weighted by Gasteiger charge is -2.19. The molecule has 1 fully saturated rings. The van der Waals surface area contributed by atoms with E-state index in [0.717, 1.165) is 43.1 Å². The van der Waals surface area contributed by atoms with Gasteiger partial charge in [-0.25, -0.2) is 9.97 Å². The molecule has 5 rings (SSSR count). The molecule has 0 radical (unpaired) electrons. The molecule has 1 atom stereocenters. The quantitative estimate of drug-likeness (QED) is 0.360. The highest BCUT2D eigenvalue weighted by Gasteiger charge is 2.21. The average molecular weight is 511 g/mol. The number of aromatic amines is 1. The molecule has 0 saturated carbocycles. The molecule has 33 heavy (non-hydrogen) atoms. The standard InChI is InChI=1S/C21H21Cl2N7O2.ClH/c22-15-4-3-12(6-16(15)23)7-25-21-28-17-9-26-30(18(17)19(31)29-21)10-14-11-32-20(27-14)13-2-1-5-24-8-13;/h3-4,6,9,11,13,24H,1-2,5,7-8,10H2,(H2,25,28,29,31);1H. The number of aromatic nitrogens is 5. The van der Waals surface area contributed by atoms with Gasteiger partial charge in [0.15, 0.2) is 11.4 Å². The SMILES string of the molecule is Cl.O=c1[nH]c(NCc2ccc(Cl)c(Cl)c2)nc2cnn(Cc3coc(C4CCCNC4)n3)c12. The summed E-state index contributed by atoms with van der Waals surface area (Å²) in [4.78, 5) is 24.6. The van der Waals surface area contributed by atoms with E-state index in [2.05, 4.69) is 30.7 Å². The molecular formula is C21H22Cl3N7O2. The largest absolute Gasteiger partial charge is 0.448 e. The summed E-state index contributed by atoms with van der Waals surface area (Å²) in [5.74, 6) is 1.35. The van der Waals surface area contributed by atoms with Crippen LogP contribution < -0.4 is 16.2 Å². The van der Waals surface area contributed by atoms with Crippen LogP contribution in [0.3, 0.4) is 0 Å². The molecule has 0 amide bonds. The van der Waals surface area contributed by atoms with Crippen molar-refractivity contribution < 1.29 is 4.42 Å². The monoisotopic (exact) mass is 509 g/mol. The summed E-state index contributed by atoms with van der Waals surface area (Å²) in [5.41, 5.74) is 2.22. The second kappa shape index (κ2) is 10.1. The topological polar surface area (TPSA) is 114 Å². The van der Waals surface area contributed by atoms with Crippen molar-refractivity contribution in [2.24, 2.45) is 0 Å². The summed E-state index contributed by atoms with van der Waals surface area (Å²) in [6.45, 7) is 2.65. The lowest BCUT2D eigenvalue weighted by atomic mass is 10.00. The number of piperidine rings is 1. The van der Waals surface area contributed by atoms with Gasteiger partial charge in [0.1, 0.15) is 17.5 Å². The lowest BCUT2D eigenvalue weighted by Crippen LogP contribution is -2.28. The molecule has 174 valence electrons. The first kappa shape index (κ1) is 23.6. The van der Waals surface area contributed by atoms with Crippen LogP contribution in [-0.4, -0.2) is 37.8 Å². The van der Waals surface area contributed by atoms with Crippen molar-refractivity contribution in [1.29, 1.82) is 0 Å². The Morgan fingerprint density at radius 3 is 2.91 bits per heavy atom. The van der Waals surface area contributed by atoms with Gasteiger partial charge in [0.25, 0.3) is 5.56 Å². The van der Waals surface area contributed by atoms with E-state index >= 15 is 0 Å². The van der Waals surface area contributed by atoms with E-state index in [0.29, 0.717) is 40.1 Å². The molecule has 0 bridgehead atoms. The molecular weight excluding hydrogens is 489 g/mol. The van der Waals surface area contributed by atoms with E-state index in [1.807, 2.05) is 6.07 Å². The normalized spacial score (nSPS) is 16.0. The van der Waals surface area contributed by atoms with Gasteiger partial charge in [0.05, 0.1) is 22.8 Å². The van der Waals surface area contributed by atoms with E-state index < -0.39 is 0 Å². The molecule has 4 aromatic rings. The predicted octanol–water partition coefficient (Wildman–Crippen LogP) is 3.96. The molecule has 1 aliphatic heterocycles. The Bertz CT molecular complexity index is 1310. The Balaban J connectivity index is 0.00000259. The maximum atomic E-state index is 12.7. The van der Waals surface area contributed by atoms with Crippen LogP contribution >= 0.6 is 35.6 Å².